The van der Waals surface area contributed by atoms with Crippen molar-refractivity contribution in [3.8, 4) is 0 Å². The largest absolute Gasteiger partial charge is 0.417 e. The minimum atomic E-state index is -4.77. The number of carbonyl (C=O) groups is 12. The van der Waals surface area contributed by atoms with E-state index in [9.17, 15) is 41.9 Å². The molecule has 10 atom stereocenters. The molecule has 0 unspecified atom stereocenters. The van der Waals surface area contributed by atoms with Crippen LogP contribution in [-0.2, 0) is 76.6 Å². The Hall–Kier alpha value is -7.55. The van der Waals surface area contributed by atoms with E-state index >= 15 is 28.8 Å². The first-order valence-corrected chi connectivity index (χ1v) is 37.4. The minimum absolute atomic E-state index is 0.0175. The van der Waals surface area contributed by atoms with Crippen molar-refractivity contribution in [1.82, 2.24) is 60.0 Å². The zero-order valence-corrected chi connectivity index (χ0v) is 63.0. The lowest BCUT2D eigenvalue weighted by atomic mass is 9.90. The number of amides is 12. The van der Waals surface area contributed by atoms with Crippen LogP contribution >= 0.6 is 23.2 Å². The molecule has 12 amide bonds. The van der Waals surface area contributed by atoms with Crippen LogP contribution in [0.1, 0.15) is 167 Å². The highest BCUT2D eigenvalue weighted by molar-refractivity contribution is 6.31. The lowest BCUT2D eigenvalue weighted by Crippen LogP contribution is -2.65. The van der Waals surface area contributed by atoms with E-state index in [0.717, 1.165) is 36.3 Å². The molecule has 4 aliphatic heterocycles. The van der Waals surface area contributed by atoms with Gasteiger partial charge >= 0.3 is 6.18 Å². The predicted molar refractivity (Wildman–Crippen MR) is 380 cm³/mol. The van der Waals surface area contributed by atoms with Crippen LogP contribution in [0.4, 0.5) is 13.2 Å². The molecular weight excluding hydrogens is 1380 g/mol. The number of halogens is 5. The number of likely N-dealkylation sites (tertiary alicyclic amines) is 1. The fourth-order valence-electron chi connectivity index (χ4n) is 15.6. The van der Waals surface area contributed by atoms with Gasteiger partial charge in [-0.15, -0.1) is 0 Å². The molecule has 6 fully saturated rings. The van der Waals surface area contributed by atoms with Gasteiger partial charge < -0.3 is 60.0 Å². The van der Waals surface area contributed by atoms with Crippen LogP contribution in [0.3, 0.4) is 0 Å². The molecule has 103 heavy (non-hydrogen) atoms. The van der Waals surface area contributed by atoms with Gasteiger partial charge in [-0.2, -0.15) is 13.2 Å². The van der Waals surface area contributed by atoms with Crippen LogP contribution in [0.2, 0.25) is 10.0 Å². The number of hydrogen-bond donors (Lipinski definition) is 3. The van der Waals surface area contributed by atoms with Gasteiger partial charge in [0.25, 0.3) is 0 Å². The molecule has 1 spiro atoms. The number of piperidine rings is 1. The van der Waals surface area contributed by atoms with E-state index < -0.39 is 172 Å². The van der Waals surface area contributed by atoms with Gasteiger partial charge in [-0.1, -0.05) is 101 Å². The zero-order valence-electron chi connectivity index (χ0n) is 61.5. The molecule has 24 nitrogen and oxygen atoms in total. The second-order valence-corrected chi connectivity index (χ2v) is 30.7. The van der Waals surface area contributed by atoms with Crippen molar-refractivity contribution in [2.24, 2.45) is 17.8 Å². The average molecular weight is 1480 g/mol. The molecule has 3 N–H and O–H groups in total. The Bertz CT molecular complexity index is 3460. The van der Waals surface area contributed by atoms with Gasteiger partial charge in [-0.05, 0) is 144 Å². The Kier molecular flexibility index (Phi) is 27.6. The van der Waals surface area contributed by atoms with Crippen molar-refractivity contribution in [2.45, 2.75) is 229 Å². The first kappa shape index (κ1) is 81.1. The number of aryl methyl sites for hydroxylation is 1. The van der Waals surface area contributed by atoms with E-state index in [2.05, 4.69) is 16.0 Å². The third kappa shape index (κ3) is 18.9. The maximum atomic E-state index is 15.8. The molecule has 6 aliphatic rings. The topological polar surface area (TPSA) is 270 Å². The van der Waals surface area contributed by atoms with Crippen LogP contribution in [0, 0.1) is 17.8 Å². The Morgan fingerprint density at radius 3 is 1.84 bits per heavy atom. The molecule has 2 aromatic carbocycles. The molecule has 29 heteroatoms. The monoisotopic (exact) mass is 1480 g/mol. The minimum Gasteiger partial charge on any atom is -0.343 e. The summed E-state index contributed by atoms with van der Waals surface area (Å²) in [5.74, 6) is -8.97. The summed E-state index contributed by atoms with van der Waals surface area (Å²) in [5.41, 5.74) is -1.81. The number of likely N-dealkylation sites (N-methyl/N-ethyl adjacent to an activating group) is 6. The van der Waals surface area contributed by atoms with Crippen molar-refractivity contribution >= 4 is 94.1 Å². The number of benzene rings is 2. The first-order chi connectivity index (χ1) is 48.6. The molecule has 0 bridgehead atoms. The summed E-state index contributed by atoms with van der Waals surface area (Å²) in [6.45, 7) is 9.01. The number of nitrogens with zero attached hydrogens (tertiary/aromatic N) is 9. The average Bonchev–Trinajstić information content (AvgIpc) is 1.41. The maximum absolute atomic E-state index is 15.8. The fourth-order valence-corrected chi connectivity index (χ4v) is 16.1. The second kappa shape index (κ2) is 35.0. The Balaban J connectivity index is 1.19. The van der Waals surface area contributed by atoms with Crippen molar-refractivity contribution in [3.63, 3.8) is 0 Å². The summed E-state index contributed by atoms with van der Waals surface area (Å²) in [6.07, 6.45) is 1.50. The van der Waals surface area contributed by atoms with Crippen molar-refractivity contribution in [3.05, 3.63) is 69.2 Å². The molecule has 568 valence electrons. The highest BCUT2D eigenvalue weighted by Gasteiger charge is 2.52. The fraction of sp³-hybridized carbons (Fsp3) is 0.676. The van der Waals surface area contributed by atoms with E-state index in [1.165, 1.54) is 89.6 Å². The molecule has 2 saturated carbocycles. The van der Waals surface area contributed by atoms with Gasteiger partial charge in [0, 0.05) is 79.9 Å². The van der Waals surface area contributed by atoms with Crippen molar-refractivity contribution < 1.29 is 70.7 Å². The molecule has 2 aliphatic carbocycles. The standard InChI is InChI=1S/C74H105Cl2F3N12O12/c1-12-45(4)61-70(101)84(7)46(5)65(96)91-38-32-55(91)68(99)86(9)57(41-48-24-28-50(75)29-25-48)67(98)83(6)43-59(92)80-53(31-27-47-26-30-51(52(76)40-47)74(77,78)79)66(97)90-37-20-23-54(90)64(95)82-73(33-16-17-34-73)72(103)88(11)62(49-21-14-15-22-49)71(102)87(10)58(69(100)89-35-18-13-19-36-89)42-60(93)85(8)56(39-44(2)3)63(94)81-61/h24-26,28-30,40,44-46,49,53-58,61-62H,12-23,27,31-39,41-43H2,1-11H3,(H,80,92)(H,81,94)(H,82,95)/t45-,46-,53-,54-,55-,56-,57-,58-,61-,62-/m0/s1. The second-order valence-electron chi connectivity index (χ2n) is 29.9. The number of carbonyl (C=O) groups excluding carboxylic acids is 12. The molecule has 0 aromatic heterocycles. The first-order valence-electron chi connectivity index (χ1n) is 36.6. The summed E-state index contributed by atoms with van der Waals surface area (Å²) in [4.78, 5) is 193. The van der Waals surface area contributed by atoms with E-state index in [0.29, 0.717) is 75.0 Å². The molecular formula is C74H105Cl2F3N12O12. The molecule has 4 heterocycles. The van der Waals surface area contributed by atoms with E-state index in [4.69, 9.17) is 23.2 Å². The van der Waals surface area contributed by atoms with Gasteiger partial charge in [-0.25, -0.2) is 0 Å². The number of nitrogens with one attached hydrogen (secondary N) is 3. The van der Waals surface area contributed by atoms with Crippen LogP contribution in [0.15, 0.2) is 42.5 Å². The normalized spacial score (nSPS) is 27.1. The van der Waals surface area contributed by atoms with Crippen LogP contribution in [0.25, 0.3) is 0 Å². The third-order valence-electron chi connectivity index (χ3n) is 22.4. The van der Waals surface area contributed by atoms with E-state index in [1.807, 2.05) is 20.8 Å². The molecule has 8 rings (SSSR count). The number of fused-ring (bicyclic) bond motifs is 2. The number of rotatable bonds is 11. The maximum Gasteiger partial charge on any atom is 0.417 e. The lowest BCUT2D eigenvalue weighted by Gasteiger charge is -2.45. The highest BCUT2D eigenvalue weighted by Crippen LogP contribution is 2.39. The van der Waals surface area contributed by atoms with Gasteiger partial charge in [0.15, 0.2) is 0 Å². The van der Waals surface area contributed by atoms with Gasteiger partial charge in [0.1, 0.15) is 59.9 Å². The van der Waals surface area contributed by atoms with Gasteiger partial charge in [-0.3, -0.25) is 57.5 Å². The summed E-state index contributed by atoms with van der Waals surface area (Å²) >= 11 is 12.4. The van der Waals surface area contributed by atoms with Crippen molar-refractivity contribution in [1.29, 1.82) is 0 Å². The van der Waals surface area contributed by atoms with E-state index in [1.54, 1.807) is 36.1 Å². The third-order valence-corrected chi connectivity index (χ3v) is 23.0. The number of alkyl halides is 3. The SMILES string of the molecule is CC[C@H](C)[C@@H]1NC(=O)[C@H](CC(C)C)N(C)C(=O)C[C@@H](C(=O)N2CCCCC2)N(C)C(=O)[C@H](C2CCCC2)N(C)C(=O)C2(CCCC2)NC(=O)[C@@H]2CCCN2C(=O)[C@H](CCc2ccc(C(F)(F)F)c(Cl)c2)NC(=O)CN(C)C(=O)[C@H](Cc2ccc(Cl)cc2)N(C)C(=O)[C@@H]2CCN2C(=O)[C@H](C)N(C)C1=O. The summed E-state index contributed by atoms with van der Waals surface area (Å²) in [5, 5.41) is 8.55. The zero-order chi connectivity index (χ0) is 75.7. The quantitative estimate of drug-likeness (QED) is 0.218. The van der Waals surface area contributed by atoms with E-state index in [-0.39, 0.29) is 75.9 Å². The number of hydrogen-bond acceptors (Lipinski definition) is 12. The highest BCUT2D eigenvalue weighted by atomic mass is 35.5. The Morgan fingerprint density at radius 1 is 0.621 bits per heavy atom. The summed E-state index contributed by atoms with van der Waals surface area (Å²) in [6, 6.07) is -1.65. The Morgan fingerprint density at radius 2 is 1.25 bits per heavy atom. The predicted octanol–water partition coefficient (Wildman–Crippen LogP) is 6.49. The van der Waals surface area contributed by atoms with Gasteiger partial charge in [0.05, 0.1) is 23.6 Å². The molecule has 0 radical (unpaired) electrons. The summed E-state index contributed by atoms with van der Waals surface area (Å²) in [7, 11) is 8.54. The van der Waals surface area contributed by atoms with Crippen LogP contribution < -0.4 is 16.0 Å². The van der Waals surface area contributed by atoms with Crippen LogP contribution in [0.5, 0.6) is 0 Å². The van der Waals surface area contributed by atoms with Crippen molar-refractivity contribution in [2.75, 3.05) is 75.0 Å². The smallest absolute Gasteiger partial charge is 0.343 e. The summed E-state index contributed by atoms with van der Waals surface area (Å²) < 4.78 is 41.7. The molecule has 2 aromatic rings. The Labute approximate surface area is 613 Å². The van der Waals surface area contributed by atoms with Crippen LogP contribution in [-0.4, -0.2) is 250 Å². The lowest BCUT2D eigenvalue weighted by molar-refractivity contribution is -0.160. The molecule has 4 saturated heterocycles. The van der Waals surface area contributed by atoms with Gasteiger partial charge in [0.2, 0.25) is 70.9 Å².